The van der Waals surface area contributed by atoms with E-state index in [0.717, 1.165) is 18.8 Å². The lowest BCUT2D eigenvalue weighted by molar-refractivity contribution is -0.137. The highest BCUT2D eigenvalue weighted by atomic mass is 16.4. The molecule has 0 aromatic carbocycles. The van der Waals surface area contributed by atoms with Crippen molar-refractivity contribution in [2.24, 2.45) is 5.92 Å². The molecule has 144 valence electrons. The van der Waals surface area contributed by atoms with Crippen molar-refractivity contribution in [1.82, 2.24) is 0 Å². The topological polar surface area (TPSA) is 37.3 Å². The van der Waals surface area contributed by atoms with Crippen molar-refractivity contribution in [2.45, 2.75) is 129 Å². The fraction of sp³-hybridized carbons (Fsp3) is 0.955. The highest BCUT2D eigenvalue weighted by Crippen LogP contribution is 2.16. The molecule has 0 saturated heterocycles. The Morgan fingerprint density at radius 3 is 1.33 bits per heavy atom. The van der Waals surface area contributed by atoms with Gasteiger partial charge in [-0.15, -0.1) is 0 Å². The molecule has 0 saturated carbocycles. The lowest BCUT2D eigenvalue weighted by atomic mass is 9.99. The largest absolute Gasteiger partial charge is 0.481 e. The molecule has 0 heterocycles. The van der Waals surface area contributed by atoms with E-state index in [-0.39, 0.29) is 0 Å². The highest BCUT2D eigenvalue weighted by molar-refractivity contribution is 5.66. The van der Waals surface area contributed by atoms with E-state index >= 15 is 0 Å². The summed E-state index contributed by atoms with van der Waals surface area (Å²) in [6.07, 6.45) is 23.1. The molecule has 0 radical (unpaired) electrons. The number of hydrogen-bond acceptors (Lipinski definition) is 1. The molecule has 2 heteroatoms. The minimum atomic E-state index is -0.652. The summed E-state index contributed by atoms with van der Waals surface area (Å²) < 4.78 is 0. The zero-order valence-electron chi connectivity index (χ0n) is 16.7. The molecule has 0 rings (SSSR count). The van der Waals surface area contributed by atoms with Crippen molar-refractivity contribution in [3.05, 3.63) is 0 Å². The van der Waals surface area contributed by atoms with Crippen LogP contribution in [0.4, 0.5) is 0 Å². The second kappa shape index (κ2) is 18.8. The van der Waals surface area contributed by atoms with Crippen molar-refractivity contribution in [1.29, 1.82) is 0 Å². The van der Waals surface area contributed by atoms with Crippen LogP contribution in [0.15, 0.2) is 0 Å². The normalized spacial score (nSPS) is 12.4. The molecule has 1 unspecified atom stereocenters. The molecule has 0 aromatic rings. The van der Waals surface area contributed by atoms with Gasteiger partial charge in [0.25, 0.3) is 0 Å². The van der Waals surface area contributed by atoms with Gasteiger partial charge in [-0.2, -0.15) is 0 Å². The van der Waals surface area contributed by atoms with Crippen LogP contribution in [0.2, 0.25) is 0 Å². The molecular formula is C22H44O2. The van der Waals surface area contributed by atoms with Gasteiger partial charge in [-0.1, -0.05) is 117 Å². The third-order valence-corrected chi connectivity index (χ3v) is 5.28. The first-order valence-corrected chi connectivity index (χ1v) is 10.9. The van der Waals surface area contributed by atoms with Crippen LogP contribution in [0.25, 0.3) is 0 Å². The van der Waals surface area contributed by atoms with Crippen molar-refractivity contribution in [3.8, 4) is 0 Å². The summed E-state index contributed by atoms with van der Waals surface area (Å²) in [5.41, 5.74) is 0. The average Bonchev–Trinajstić information content (AvgIpc) is 2.57. The van der Waals surface area contributed by atoms with Crippen LogP contribution in [0.1, 0.15) is 129 Å². The zero-order valence-corrected chi connectivity index (χ0v) is 16.7. The van der Waals surface area contributed by atoms with Crippen LogP contribution < -0.4 is 0 Å². The average molecular weight is 341 g/mol. The second-order valence-electron chi connectivity index (χ2n) is 7.75. The molecule has 0 amide bonds. The van der Waals surface area contributed by atoms with E-state index in [2.05, 4.69) is 13.8 Å². The van der Waals surface area contributed by atoms with Gasteiger partial charge in [-0.25, -0.2) is 0 Å². The standard InChI is InChI=1S/C22H44O2/c1-3-21(2)19-17-15-13-11-9-7-5-4-6-8-10-12-14-16-18-20-22(23)24/h21H,3-20H2,1-2H3,(H,23,24). The smallest absolute Gasteiger partial charge is 0.303 e. The highest BCUT2D eigenvalue weighted by Gasteiger charge is 1.99. The first-order valence-electron chi connectivity index (χ1n) is 10.9. The summed E-state index contributed by atoms with van der Waals surface area (Å²) in [6.45, 7) is 4.67. The molecule has 0 spiro atoms. The van der Waals surface area contributed by atoms with Crippen molar-refractivity contribution < 1.29 is 9.90 Å². The van der Waals surface area contributed by atoms with Crippen LogP contribution in [0.3, 0.4) is 0 Å². The van der Waals surface area contributed by atoms with Gasteiger partial charge < -0.3 is 5.11 Å². The first-order chi connectivity index (χ1) is 11.7. The van der Waals surface area contributed by atoms with E-state index in [1.807, 2.05) is 0 Å². The Labute approximate surface area is 151 Å². The Morgan fingerprint density at radius 2 is 1.00 bits per heavy atom. The molecule has 1 atom stereocenters. The number of carboxylic acids is 1. The molecule has 0 aromatic heterocycles. The predicted molar refractivity (Wildman–Crippen MR) is 106 cm³/mol. The summed E-state index contributed by atoms with van der Waals surface area (Å²) in [4.78, 5) is 10.4. The van der Waals surface area contributed by atoms with Gasteiger partial charge >= 0.3 is 5.97 Å². The van der Waals surface area contributed by atoms with E-state index in [9.17, 15) is 4.79 Å². The first kappa shape index (κ1) is 23.5. The van der Waals surface area contributed by atoms with Crippen LogP contribution in [0.5, 0.6) is 0 Å². The van der Waals surface area contributed by atoms with Crippen molar-refractivity contribution in [3.63, 3.8) is 0 Å². The monoisotopic (exact) mass is 340 g/mol. The van der Waals surface area contributed by atoms with Gasteiger partial charge in [0.05, 0.1) is 0 Å². The lowest BCUT2D eigenvalue weighted by Crippen LogP contribution is -1.93. The minimum absolute atomic E-state index is 0.345. The molecule has 0 aliphatic rings. The zero-order chi connectivity index (χ0) is 17.9. The van der Waals surface area contributed by atoms with Crippen LogP contribution in [-0.2, 0) is 4.79 Å². The number of unbranched alkanes of at least 4 members (excludes halogenated alkanes) is 14. The quantitative estimate of drug-likeness (QED) is 0.244. The maximum Gasteiger partial charge on any atom is 0.303 e. The van der Waals surface area contributed by atoms with Crippen LogP contribution >= 0.6 is 0 Å². The van der Waals surface area contributed by atoms with E-state index < -0.39 is 5.97 Å². The van der Waals surface area contributed by atoms with Gasteiger partial charge in [-0.05, 0) is 12.3 Å². The number of aliphatic carboxylic acids is 1. The molecule has 0 bridgehead atoms. The third-order valence-electron chi connectivity index (χ3n) is 5.28. The van der Waals surface area contributed by atoms with Gasteiger partial charge in [0.2, 0.25) is 0 Å². The second-order valence-corrected chi connectivity index (χ2v) is 7.75. The van der Waals surface area contributed by atoms with Crippen LogP contribution in [-0.4, -0.2) is 11.1 Å². The fourth-order valence-corrected chi connectivity index (χ4v) is 3.27. The van der Waals surface area contributed by atoms with Gasteiger partial charge in [0.1, 0.15) is 0 Å². The van der Waals surface area contributed by atoms with Crippen molar-refractivity contribution >= 4 is 5.97 Å². The van der Waals surface area contributed by atoms with E-state index in [1.54, 1.807) is 0 Å². The Morgan fingerprint density at radius 1 is 0.667 bits per heavy atom. The Balaban J connectivity index is 3.01. The fourth-order valence-electron chi connectivity index (χ4n) is 3.27. The lowest BCUT2D eigenvalue weighted by Gasteiger charge is -2.07. The summed E-state index contributed by atoms with van der Waals surface area (Å²) >= 11 is 0. The summed E-state index contributed by atoms with van der Waals surface area (Å²) in [5, 5.41) is 8.56. The molecule has 1 N–H and O–H groups in total. The molecule has 0 fully saturated rings. The third kappa shape index (κ3) is 19.5. The predicted octanol–water partition coefficient (Wildman–Crippen LogP) is 7.75. The molecular weight excluding hydrogens is 296 g/mol. The minimum Gasteiger partial charge on any atom is -0.481 e. The number of carboxylic acid groups (broad SMARTS) is 1. The summed E-state index contributed by atoms with van der Waals surface area (Å²) in [5.74, 6) is 0.274. The Kier molecular flexibility index (Phi) is 18.4. The van der Waals surface area contributed by atoms with Gasteiger partial charge in [0.15, 0.2) is 0 Å². The molecule has 0 aliphatic carbocycles. The van der Waals surface area contributed by atoms with E-state index in [1.165, 1.54) is 96.3 Å². The summed E-state index contributed by atoms with van der Waals surface area (Å²) in [6, 6.07) is 0. The number of rotatable bonds is 19. The molecule has 2 nitrogen and oxygen atoms in total. The van der Waals surface area contributed by atoms with Crippen LogP contribution in [0, 0.1) is 5.92 Å². The molecule has 24 heavy (non-hydrogen) atoms. The van der Waals surface area contributed by atoms with Gasteiger partial charge in [-0.3, -0.25) is 4.79 Å². The maximum absolute atomic E-state index is 10.4. The number of carbonyl (C=O) groups is 1. The van der Waals surface area contributed by atoms with Crippen molar-refractivity contribution in [2.75, 3.05) is 0 Å². The Bertz CT molecular complexity index is 263. The van der Waals surface area contributed by atoms with E-state index in [0.29, 0.717) is 6.42 Å². The maximum atomic E-state index is 10.4. The van der Waals surface area contributed by atoms with E-state index in [4.69, 9.17) is 5.11 Å². The SMILES string of the molecule is CCC(C)CCCCCCCCCCCCCCCCCC(=O)O. The summed E-state index contributed by atoms with van der Waals surface area (Å²) in [7, 11) is 0. The van der Waals surface area contributed by atoms with Gasteiger partial charge in [0, 0.05) is 6.42 Å². The molecule has 0 aliphatic heterocycles. The Hall–Kier alpha value is -0.530. The number of hydrogen-bond donors (Lipinski definition) is 1.